The average Bonchev–Trinajstić information content (AvgIpc) is 2.69. The molecular weight excluding hydrogens is 397 g/mol. The van der Waals surface area contributed by atoms with Crippen molar-refractivity contribution in [3.8, 4) is 16.9 Å². The third-order valence-corrected chi connectivity index (χ3v) is 3.68. The Bertz CT molecular complexity index is 1010. The van der Waals surface area contributed by atoms with E-state index in [-0.39, 0.29) is 16.7 Å². The fourth-order valence-electron chi connectivity index (χ4n) is 2.32. The van der Waals surface area contributed by atoms with Crippen molar-refractivity contribution in [2.75, 3.05) is 0 Å². The van der Waals surface area contributed by atoms with E-state index in [1.165, 1.54) is 36.7 Å². The number of halogens is 5. The van der Waals surface area contributed by atoms with E-state index < -0.39 is 30.0 Å². The molecule has 29 heavy (non-hydrogen) atoms. The van der Waals surface area contributed by atoms with Crippen LogP contribution in [0.4, 0.5) is 22.0 Å². The largest absolute Gasteiger partial charge is 0.854 e. The van der Waals surface area contributed by atoms with Crippen molar-refractivity contribution < 1.29 is 36.6 Å². The molecule has 3 rings (SSSR count). The lowest BCUT2D eigenvalue weighted by molar-refractivity contribution is -0.739. The van der Waals surface area contributed by atoms with Gasteiger partial charge in [-0.25, -0.2) is 4.39 Å². The molecule has 5 nitrogen and oxygen atoms in total. The molecule has 0 spiro atoms. The fourth-order valence-corrected chi connectivity index (χ4v) is 2.32. The van der Waals surface area contributed by atoms with Gasteiger partial charge in [0.15, 0.2) is 0 Å². The Hall–Kier alpha value is -3.56. The minimum Gasteiger partial charge on any atom is -0.854 e. The van der Waals surface area contributed by atoms with Gasteiger partial charge in [-0.15, -0.1) is 0 Å². The summed E-state index contributed by atoms with van der Waals surface area (Å²) >= 11 is 0. The Morgan fingerprint density at radius 3 is 2.41 bits per heavy atom. The first-order chi connectivity index (χ1) is 13.8. The Morgan fingerprint density at radius 2 is 1.83 bits per heavy atom. The average molecular weight is 409 g/mol. The molecular formula is C19H12F5N3O2. The van der Waals surface area contributed by atoms with Gasteiger partial charge in [0.05, 0.1) is 16.9 Å². The van der Waals surface area contributed by atoms with Crippen molar-refractivity contribution in [2.45, 2.75) is 12.5 Å². The first kappa shape index (κ1) is 20.2. The number of hydrogen-bond acceptors (Lipinski definition) is 4. The van der Waals surface area contributed by atoms with Crippen molar-refractivity contribution in [2.24, 2.45) is 5.10 Å². The van der Waals surface area contributed by atoms with Crippen LogP contribution in [0.2, 0.25) is 0 Å². The molecule has 0 radical (unpaired) electrons. The molecule has 0 amide bonds. The van der Waals surface area contributed by atoms with E-state index in [0.29, 0.717) is 0 Å². The molecule has 0 saturated heterocycles. The summed E-state index contributed by atoms with van der Waals surface area (Å²) in [5.74, 6) is -1.99. The number of hydrogen-bond donors (Lipinski definition) is 0. The molecule has 3 aromatic rings. The summed E-state index contributed by atoms with van der Waals surface area (Å²) in [7, 11) is 0. The van der Waals surface area contributed by atoms with Crippen LogP contribution in [0.5, 0.6) is 5.75 Å². The highest BCUT2D eigenvalue weighted by molar-refractivity contribution is 5.90. The normalized spacial score (nSPS) is 12.3. The van der Waals surface area contributed by atoms with Crippen molar-refractivity contribution >= 4 is 5.90 Å². The minimum absolute atomic E-state index is 0.0269. The summed E-state index contributed by atoms with van der Waals surface area (Å²) in [5.41, 5.74) is 0.311. The minimum atomic E-state index is -4.64. The van der Waals surface area contributed by atoms with Crippen LogP contribution in [0.3, 0.4) is 0 Å². The molecule has 150 valence electrons. The predicted octanol–water partition coefficient (Wildman–Crippen LogP) is 2.98. The SMILES string of the molecule is [O-]/C(=N\[n+]1ccccn1)c1ccc(-c2ccc(OC(F)(F)C(F)F)cc2)c(F)c1. The van der Waals surface area contributed by atoms with Crippen molar-refractivity contribution in [3.05, 3.63) is 78.4 Å². The van der Waals surface area contributed by atoms with Gasteiger partial charge in [0.25, 0.3) is 0 Å². The van der Waals surface area contributed by atoms with Gasteiger partial charge in [0, 0.05) is 21.8 Å². The van der Waals surface area contributed by atoms with Crippen molar-refractivity contribution in [3.63, 3.8) is 0 Å². The van der Waals surface area contributed by atoms with Crippen LogP contribution in [0.25, 0.3) is 11.1 Å². The van der Waals surface area contributed by atoms with E-state index in [9.17, 15) is 27.1 Å². The molecule has 0 aliphatic heterocycles. The highest BCUT2D eigenvalue weighted by atomic mass is 19.3. The zero-order valence-electron chi connectivity index (χ0n) is 14.5. The lowest BCUT2D eigenvalue weighted by Crippen LogP contribution is -2.36. The smallest absolute Gasteiger partial charge is 0.461 e. The zero-order chi connectivity index (χ0) is 21.0. The Morgan fingerprint density at radius 1 is 1.10 bits per heavy atom. The lowest BCUT2D eigenvalue weighted by atomic mass is 10.0. The number of ether oxygens (including phenoxy) is 1. The molecule has 0 bridgehead atoms. The van der Waals surface area contributed by atoms with E-state index in [0.717, 1.165) is 23.0 Å². The first-order valence-corrected chi connectivity index (χ1v) is 8.10. The topological polar surface area (TPSA) is 61.4 Å². The number of aromatic nitrogens is 2. The van der Waals surface area contributed by atoms with E-state index >= 15 is 0 Å². The summed E-state index contributed by atoms with van der Waals surface area (Å²) < 4.78 is 68.6. The van der Waals surface area contributed by atoms with Gasteiger partial charge in [0.2, 0.25) is 6.20 Å². The third kappa shape index (κ3) is 4.84. The van der Waals surface area contributed by atoms with Crippen LogP contribution in [0.15, 0.2) is 72.1 Å². The van der Waals surface area contributed by atoms with Gasteiger partial charge in [-0.1, -0.05) is 24.3 Å². The number of alkyl halides is 4. The van der Waals surface area contributed by atoms with Crippen molar-refractivity contribution in [1.29, 1.82) is 0 Å². The molecule has 0 N–H and O–H groups in total. The first-order valence-electron chi connectivity index (χ1n) is 8.10. The van der Waals surface area contributed by atoms with Gasteiger partial charge in [0.1, 0.15) is 11.6 Å². The Labute approximate surface area is 161 Å². The van der Waals surface area contributed by atoms with Gasteiger partial charge in [-0.05, 0) is 35.4 Å². The monoisotopic (exact) mass is 409 g/mol. The molecule has 1 heterocycles. The quantitative estimate of drug-likeness (QED) is 0.272. The Balaban J connectivity index is 1.81. The van der Waals surface area contributed by atoms with Crippen molar-refractivity contribution in [1.82, 2.24) is 5.10 Å². The summed E-state index contributed by atoms with van der Waals surface area (Å²) in [5, 5.41) is 19.6. The molecule has 0 fully saturated rings. The van der Waals surface area contributed by atoms with Crippen LogP contribution in [-0.4, -0.2) is 23.5 Å². The maximum atomic E-state index is 14.4. The second-order valence-electron chi connectivity index (χ2n) is 5.71. The molecule has 10 heteroatoms. The molecule has 0 atom stereocenters. The predicted molar refractivity (Wildman–Crippen MR) is 89.8 cm³/mol. The molecule has 2 aromatic carbocycles. The number of nitrogens with zero attached hydrogens (tertiary/aromatic N) is 3. The van der Waals surface area contributed by atoms with Gasteiger partial charge in [-0.2, -0.15) is 17.6 Å². The summed E-state index contributed by atoms with van der Waals surface area (Å²) in [6.07, 6.45) is -5.77. The maximum absolute atomic E-state index is 14.4. The van der Waals surface area contributed by atoms with Crippen LogP contribution in [0.1, 0.15) is 5.56 Å². The van der Waals surface area contributed by atoms with E-state index in [1.54, 1.807) is 12.1 Å². The van der Waals surface area contributed by atoms with Gasteiger partial charge in [-0.3, -0.25) is 0 Å². The van der Waals surface area contributed by atoms with Gasteiger partial charge >= 0.3 is 12.5 Å². The molecule has 0 saturated carbocycles. The summed E-state index contributed by atoms with van der Waals surface area (Å²) in [6.45, 7) is 0. The van der Waals surface area contributed by atoms with Crippen LogP contribution in [0, 0.1) is 5.82 Å². The molecule has 1 aromatic heterocycles. The van der Waals surface area contributed by atoms with E-state index in [2.05, 4.69) is 14.9 Å². The Kier molecular flexibility index (Phi) is 5.71. The standard InChI is InChI=1S/C19H12F5N3O2/c20-16-11-13(17(28)26-27-10-2-1-9-25-27)5-8-15(16)12-3-6-14(7-4-12)29-19(23,24)18(21)22/h1-11,18H. The second kappa shape index (κ2) is 8.21. The van der Waals surface area contributed by atoms with Gasteiger partial charge < -0.3 is 9.84 Å². The number of rotatable bonds is 6. The van der Waals surface area contributed by atoms with Crippen LogP contribution < -0.4 is 14.6 Å². The third-order valence-electron chi connectivity index (χ3n) is 3.68. The highest BCUT2D eigenvalue weighted by Gasteiger charge is 2.43. The number of benzene rings is 2. The van der Waals surface area contributed by atoms with Crippen LogP contribution in [-0.2, 0) is 0 Å². The molecule has 0 aliphatic rings. The van der Waals surface area contributed by atoms with Crippen LogP contribution >= 0.6 is 0 Å². The zero-order valence-corrected chi connectivity index (χ0v) is 14.5. The summed E-state index contributed by atoms with van der Waals surface area (Å²) in [4.78, 5) is 1.03. The summed E-state index contributed by atoms with van der Waals surface area (Å²) in [6, 6.07) is 11.3. The lowest BCUT2D eigenvalue weighted by Gasteiger charge is -2.17. The second-order valence-corrected chi connectivity index (χ2v) is 5.71. The molecule has 0 aliphatic carbocycles. The van der Waals surface area contributed by atoms with E-state index in [1.807, 2.05) is 0 Å². The maximum Gasteiger partial charge on any atom is 0.461 e. The van der Waals surface area contributed by atoms with E-state index in [4.69, 9.17) is 0 Å². The molecule has 0 unspecified atom stereocenters. The highest BCUT2D eigenvalue weighted by Crippen LogP contribution is 2.30. The fraction of sp³-hybridized carbons (Fsp3) is 0.105.